The van der Waals surface area contributed by atoms with Gasteiger partial charge in [-0.3, -0.25) is 0 Å². The molecule has 4 heterocycles. The standard InChI is InChI=1S/C19H24ClN6O7PS/c1-25(2)19(27)32-14-13-11(7-30-34(28,29)33-13)31-17(14)26-16-12(15(21)22-8-23-16)24-18(26)35-10-5-3-9(20)4-6-10/h3-6,8,11,13-14,17-18,24,28-29,34H,7H2,1-2H3,(H2,21,22,23)/t11?,13-,14-,17+,18?/m0/s1. The van der Waals surface area contributed by atoms with Crippen molar-refractivity contribution in [1.29, 1.82) is 0 Å². The number of hydrogen-bond donors (Lipinski definition) is 4. The first kappa shape index (κ1) is 24.5. The Labute approximate surface area is 210 Å². The zero-order chi connectivity index (χ0) is 24.9. The fourth-order valence-electron chi connectivity index (χ4n) is 3.97. The molecule has 16 heteroatoms. The van der Waals surface area contributed by atoms with Crippen LogP contribution in [0.15, 0.2) is 35.5 Å². The van der Waals surface area contributed by atoms with Crippen LogP contribution in [0.4, 0.5) is 22.1 Å². The Hall–Kier alpha value is -2.16. The molecule has 1 amide bonds. The number of anilines is 3. The van der Waals surface area contributed by atoms with E-state index in [4.69, 9.17) is 35.9 Å². The van der Waals surface area contributed by atoms with E-state index in [-0.39, 0.29) is 12.4 Å². The molecule has 0 radical (unpaired) electrons. The Bertz CT molecular complexity index is 1120. The van der Waals surface area contributed by atoms with E-state index in [2.05, 4.69) is 15.3 Å². The van der Waals surface area contributed by atoms with E-state index in [1.807, 2.05) is 12.1 Å². The van der Waals surface area contributed by atoms with Crippen LogP contribution in [-0.4, -0.2) is 81.5 Å². The van der Waals surface area contributed by atoms with Crippen molar-refractivity contribution in [1.82, 2.24) is 14.9 Å². The first-order valence-electron chi connectivity index (χ1n) is 10.5. The predicted octanol–water partition coefficient (Wildman–Crippen LogP) is 1.62. The molecule has 5 N–H and O–H groups in total. The van der Waals surface area contributed by atoms with Gasteiger partial charge in [0.15, 0.2) is 0 Å². The minimum absolute atomic E-state index is 0.147. The number of carbonyl (C=O) groups excluding carboxylic acids is 1. The molecule has 190 valence electrons. The van der Waals surface area contributed by atoms with Gasteiger partial charge in [0.25, 0.3) is 0 Å². The van der Waals surface area contributed by atoms with Crippen molar-refractivity contribution in [2.24, 2.45) is 0 Å². The molecule has 1 aromatic heterocycles. The van der Waals surface area contributed by atoms with Crippen LogP contribution in [-0.2, 0) is 18.5 Å². The van der Waals surface area contributed by atoms with E-state index in [1.165, 1.54) is 37.1 Å². The summed E-state index contributed by atoms with van der Waals surface area (Å²) in [5, 5.41) is 3.90. The molecule has 0 aliphatic carbocycles. The second-order valence-electron chi connectivity index (χ2n) is 8.18. The van der Waals surface area contributed by atoms with Gasteiger partial charge in [-0.2, -0.15) is 0 Å². The summed E-state index contributed by atoms with van der Waals surface area (Å²) in [6.45, 7) is -0.147. The number of hydrogen-bond acceptors (Lipinski definition) is 13. The number of nitrogens with one attached hydrogen (secondary N) is 1. The average Bonchev–Trinajstić information content (AvgIpc) is 3.33. The summed E-state index contributed by atoms with van der Waals surface area (Å²) in [5.41, 5.74) is 6.09. The van der Waals surface area contributed by atoms with Crippen molar-refractivity contribution in [3.05, 3.63) is 35.6 Å². The molecule has 0 spiro atoms. The van der Waals surface area contributed by atoms with Gasteiger partial charge >= 0.3 is 210 Å². The summed E-state index contributed by atoms with van der Waals surface area (Å²) >= 11 is 7.45. The topological polar surface area (TPSA) is 165 Å². The number of aromatic nitrogens is 2. The third-order valence-electron chi connectivity index (χ3n) is 5.57. The molecule has 5 atom stereocenters. The number of nitrogens with zero attached hydrogens (tertiary/aromatic N) is 4. The number of fused-ring (bicyclic) bond motifs is 2. The van der Waals surface area contributed by atoms with Crippen molar-refractivity contribution in [2.75, 3.05) is 36.7 Å². The summed E-state index contributed by atoms with van der Waals surface area (Å²) in [5.74, 6) is 0.657. The van der Waals surface area contributed by atoms with Gasteiger partial charge in [0.05, 0.1) is 0 Å². The van der Waals surface area contributed by atoms with Crippen LogP contribution >= 0.6 is 31.5 Å². The zero-order valence-electron chi connectivity index (χ0n) is 18.6. The molecule has 2 saturated heterocycles. The second kappa shape index (κ2) is 9.37. The molecule has 2 aromatic rings. The number of nitrogen functional groups attached to an aromatic ring is 1. The van der Waals surface area contributed by atoms with Gasteiger partial charge in [0.1, 0.15) is 0 Å². The van der Waals surface area contributed by atoms with E-state index in [0.29, 0.717) is 16.5 Å². The van der Waals surface area contributed by atoms with Crippen LogP contribution in [0.2, 0.25) is 5.02 Å². The minimum atomic E-state index is -4.41. The number of benzene rings is 1. The summed E-state index contributed by atoms with van der Waals surface area (Å²) in [6.07, 6.45) is -3.04. The van der Waals surface area contributed by atoms with Gasteiger partial charge < -0.3 is 0 Å². The fourth-order valence-corrected chi connectivity index (χ4v) is 6.24. The monoisotopic (exact) mass is 546 g/mol. The maximum atomic E-state index is 12.5. The fraction of sp³-hybridized carbons (Fsp3) is 0.421. The Morgan fingerprint density at radius 3 is 2.80 bits per heavy atom. The van der Waals surface area contributed by atoms with E-state index in [0.717, 1.165) is 4.90 Å². The summed E-state index contributed by atoms with van der Waals surface area (Å²) < 4.78 is 22.5. The first-order valence-corrected chi connectivity index (χ1v) is 13.5. The van der Waals surface area contributed by atoms with Gasteiger partial charge in [0, 0.05) is 0 Å². The molecular formula is C19H24ClN6O7PS. The van der Waals surface area contributed by atoms with Gasteiger partial charge in [-0.1, -0.05) is 0 Å². The third kappa shape index (κ3) is 4.80. The Morgan fingerprint density at radius 1 is 1.34 bits per heavy atom. The average molecular weight is 547 g/mol. The van der Waals surface area contributed by atoms with Crippen molar-refractivity contribution in [3.63, 3.8) is 0 Å². The van der Waals surface area contributed by atoms with Crippen LogP contribution in [0.5, 0.6) is 0 Å². The van der Waals surface area contributed by atoms with E-state index >= 15 is 0 Å². The van der Waals surface area contributed by atoms with Gasteiger partial charge in [-0.25, -0.2) is 0 Å². The van der Waals surface area contributed by atoms with Crippen LogP contribution in [0, 0.1) is 0 Å². The van der Waals surface area contributed by atoms with Crippen molar-refractivity contribution in [2.45, 2.75) is 34.9 Å². The summed E-state index contributed by atoms with van der Waals surface area (Å²) in [6, 6.07) is 7.26. The molecule has 1 aromatic carbocycles. The molecule has 0 bridgehead atoms. The second-order valence-corrected chi connectivity index (χ2v) is 11.4. The van der Waals surface area contributed by atoms with Crippen LogP contribution in [0.3, 0.4) is 0 Å². The van der Waals surface area contributed by atoms with Crippen molar-refractivity contribution < 1.29 is 33.1 Å². The van der Waals surface area contributed by atoms with Crippen LogP contribution < -0.4 is 16.0 Å². The number of ether oxygens (including phenoxy) is 2. The van der Waals surface area contributed by atoms with Crippen LogP contribution in [0.1, 0.15) is 0 Å². The first-order chi connectivity index (χ1) is 16.6. The van der Waals surface area contributed by atoms with E-state index < -0.39 is 44.3 Å². The number of halogens is 1. The summed E-state index contributed by atoms with van der Waals surface area (Å²) in [4.78, 5) is 45.0. The molecule has 35 heavy (non-hydrogen) atoms. The Balaban J connectivity index is 1.52. The van der Waals surface area contributed by atoms with Crippen molar-refractivity contribution in [3.8, 4) is 0 Å². The number of nitrogens with two attached hydrogens (primary N) is 1. The van der Waals surface area contributed by atoms with Gasteiger partial charge in [0.2, 0.25) is 0 Å². The molecule has 3 aliphatic heterocycles. The third-order valence-corrected chi connectivity index (χ3v) is 8.06. The number of amides is 1. The number of carbonyl (C=O) groups is 1. The molecule has 2 unspecified atom stereocenters. The normalized spacial score (nSPS) is 29.6. The maximum absolute atomic E-state index is 12.5. The molecular weight excluding hydrogens is 523 g/mol. The van der Waals surface area contributed by atoms with Crippen molar-refractivity contribution >= 4 is 54.9 Å². The van der Waals surface area contributed by atoms with E-state index in [9.17, 15) is 14.6 Å². The van der Waals surface area contributed by atoms with E-state index in [1.54, 1.807) is 17.0 Å². The molecule has 5 rings (SSSR count). The number of rotatable bonds is 4. The molecule has 2 fully saturated rings. The summed E-state index contributed by atoms with van der Waals surface area (Å²) in [7, 11) is -1.34. The SMILES string of the molecule is CN(C)C(=O)O[C@@H]1[C@H](N2c3ncnc(N)c3NC2Sc2ccc(Cl)cc2)OC2CO[PH](O)(O)O[C@@H]21. The van der Waals surface area contributed by atoms with Gasteiger partial charge in [-0.15, -0.1) is 0 Å². The Morgan fingerprint density at radius 2 is 2.09 bits per heavy atom. The van der Waals surface area contributed by atoms with Gasteiger partial charge in [-0.05, 0) is 0 Å². The van der Waals surface area contributed by atoms with Crippen LogP contribution in [0.25, 0.3) is 0 Å². The zero-order valence-corrected chi connectivity index (χ0v) is 21.1. The number of thioether (sulfide) groups is 1. The molecule has 3 aliphatic rings. The predicted molar refractivity (Wildman–Crippen MR) is 130 cm³/mol. The molecule has 13 nitrogen and oxygen atoms in total. The quantitative estimate of drug-likeness (QED) is 0.409. The Kier molecular flexibility index (Phi) is 6.57. The molecule has 0 saturated carbocycles.